The van der Waals surface area contributed by atoms with Crippen molar-refractivity contribution in [3.05, 3.63) is 33.8 Å². The molecule has 0 spiro atoms. The number of hydrogen-bond acceptors (Lipinski definition) is 3. The molecular formula is C11H11Cl2F2NO3S. The lowest BCUT2D eigenvalue weighted by Gasteiger charge is -2.07. The number of hydrogen-bond donors (Lipinski definition) is 1. The smallest absolute Gasteiger partial charge is 0.254 e. The highest BCUT2D eigenvalue weighted by Crippen LogP contribution is 2.22. The highest BCUT2D eigenvalue weighted by Gasteiger charge is 2.20. The van der Waals surface area contributed by atoms with Gasteiger partial charge in [0.05, 0.1) is 0 Å². The van der Waals surface area contributed by atoms with Crippen LogP contribution in [0.4, 0.5) is 8.78 Å². The normalized spacial score (nSPS) is 11.7. The number of halogens is 4. The molecule has 0 unspecified atom stereocenters. The molecule has 0 radical (unpaired) electrons. The van der Waals surface area contributed by atoms with Gasteiger partial charge in [-0.2, -0.15) is 0 Å². The summed E-state index contributed by atoms with van der Waals surface area (Å²) in [4.78, 5) is 11.4. The van der Waals surface area contributed by atoms with E-state index in [-0.39, 0.29) is 12.8 Å². The van der Waals surface area contributed by atoms with Gasteiger partial charge in [0.1, 0.15) is 5.75 Å². The minimum Gasteiger partial charge on any atom is -0.274 e. The lowest BCUT2D eigenvalue weighted by atomic mass is 10.1. The van der Waals surface area contributed by atoms with Crippen LogP contribution in [0.2, 0.25) is 10.0 Å². The third-order valence-electron chi connectivity index (χ3n) is 2.25. The summed E-state index contributed by atoms with van der Waals surface area (Å²) < 4.78 is 47.7. The zero-order valence-corrected chi connectivity index (χ0v) is 12.4. The van der Waals surface area contributed by atoms with E-state index in [1.54, 1.807) is 16.9 Å². The van der Waals surface area contributed by atoms with Crippen LogP contribution in [-0.2, 0) is 21.2 Å². The van der Waals surface area contributed by atoms with Crippen molar-refractivity contribution >= 4 is 39.1 Å². The Balaban J connectivity index is 2.56. The Morgan fingerprint density at radius 3 is 2.50 bits per heavy atom. The van der Waals surface area contributed by atoms with Gasteiger partial charge in [-0.3, -0.25) is 9.52 Å². The molecule has 0 heterocycles. The molecule has 0 aliphatic carbocycles. The summed E-state index contributed by atoms with van der Waals surface area (Å²) in [6.45, 7) is 0. The molecule has 4 nitrogen and oxygen atoms in total. The van der Waals surface area contributed by atoms with E-state index in [1.807, 2.05) is 0 Å². The maximum atomic E-state index is 12.0. The van der Waals surface area contributed by atoms with E-state index in [9.17, 15) is 22.0 Å². The van der Waals surface area contributed by atoms with Crippen molar-refractivity contribution in [1.82, 2.24) is 4.72 Å². The highest BCUT2D eigenvalue weighted by molar-refractivity contribution is 7.90. The quantitative estimate of drug-likeness (QED) is 0.861. The van der Waals surface area contributed by atoms with Crippen molar-refractivity contribution < 1.29 is 22.0 Å². The van der Waals surface area contributed by atoms with Crippen molar-refractivity contribution in [2.75, 3.05) is 5.75 Å². The number of nitrogens with one attached hydrogen (secondary N) is 1. The van der Waals surface area contributed by atoms with Gasteiger partial charge in [0.15, 0.2) is 0 Å². The summed E-state index contributed by atoms with van der Waals surface area (Å²) in [6, 6.07) is 4.67. The Labute approximate surface area is 125 Å². The SMILES string of the molecule is O=C(CCc1ccc(Cl)cc1Cl)NS(=O)(=O)CC(F)F. The van der Waals surface area contributed by atoms with Crippen LogP contribution in [-0.4, -0.2) is 26.5 Å². The Hall–Kier alpha value is -0.920. The van der Waals surface area contributed by atoms with Crippen molar-refractivity contribution in [3.8, 4) is 0 Å². The Bertz CT molecular complexity index is 593. The number of carbonyl (C=O) groups excluding carboxylic acids is 1. The van der Waals surface area contributed by atoms with Crippen LogP contribution < -0.4 is 4.72 Å². The lowest BCUT2D eigenvalue weighted by Crippen LogP contribution is -2.34. The van der Waals surface area contributed by atoms with Crippen LogP contribution in [0.5, 0.6) is 0 Å². The summed E-state index contributed by atoms with van der Waals surface area (Å²) in [7, 11) is -4.30. The molecule has 0 atom stereocenters. The summed E-state index contributed by atoms with van der Waals surface area (Å²) in [5.74, 6) is -2.27. The second-order valence-electron chi connectivity index (χ2n) is 3.93. The molecular weight excluding hydrogens is 335 g/mol. The van der Waals surface area contributed by atoms with Gasteiger partial charge in [-0.25, -0.2) is 17.2 Å². The number of aryl methyl sites for hydroxylation is 1. The predicted octanol–water partition coefficient (Wildman–Crippen LogP) is 2.64. The number of amides is 1. The first-order valence-electron chi connectivity index (χ1n) is 5.45. The molecule has 1 aromatic carbocycles. The van der Waals surface area contributed by atoms with Gasteiger partial charge in [-0.15, -0.1) is 0 Å². The molecule has 112 valence electrons. The van der Waals surface area contributed by atoms with Crippen LogP contribution in [0.3, 0.4) is 0 Å². The van der Waals surface area contributed by atoms with E-state index in [0.29, 0.717) is 15.6 Å². The average Bonchev–Trinajstić information content (AvgIpc) is 2.24. The zero-order chi connectivity index (χ0) is 15.3. The second kappa shape index (κ2) is 7.19. The first-order chi connectivity index (χ1) is 9.19. The summed E-state index contributed by atoms with van der Waals surface area (Å²) in [5.41, 5.74) is 0.609. The van der Waals surface area contributed by atoms with Crippen LogP contribution in [0.1, 0.15) is 12.0 Å². The Morgan fingerprint density at radius 1 is 1.30 bits per heavy atom. The molecule has 0 bridgehead atoms. The Kier molecular flexibility index (Phi) is 6.16. The molecule has 9 heteroatoms. The van der Waals surface area contributed by atoms with Crippen LogP contribution in [0.25, 0.3) is 0 Å². The van der Waals surface area contributed by atoms with Crippen LogP contribution in [0, 0.1) is 0 Å². The van der Waals surface area contributed by atoms with Crippen LogP contribution in [0.15, 0.2) is 18.2 Å². The van der Waals surface area contributed by atoms with Gasteiger partial charge < -0.3 is 0 Å². The maximum absolute atomic E-state index is 12.0. The maximum Gasteiger partial charge on any atom is 0.254 e. The van der Waals surface area contributed by atoms with Gasteiger partial charge in [0.25, 0.3) is 6.43 Å². The lowest BCUT2D eigenvalue weighted by molar-refractivity contribution is -0.119. The minimum atomic E-state index is -4.30. The molecule has 1 aromatic rings. The predicted molar refractivity (Wildman–Crippen MR) is 72.7 cm³/mol. The summed E-state index contributed by atoms with van der Waals surface area (Å²) in [6.07, 6.45) is -3.05. The first-order valence-corrected chi connectivity index (χ1v) is 7.86. The summed E-state index contributed by atoms with van der Waals surface area (Å²) >= 11 is 11.6. The fourth-order valence-electron chi connectivity index (χ4n) is 1.40. The second-order valence-corrected chi connectivity index (χ2v) is 6.54. The van der Waals surface area contributed by atoms with Gasteiger partial charge in [0, 0.05) is 16.5 Å². The molecule has 0 saturated carbocycles. The average molecular weight is 346 g/mol. The Morgan fingerprint density at radius 2 is 1.95 bits per heavy atom. The van der Waals surface area contributed by atoms with E-state index in [2.05, 4.69) is 0 Å². The highest BCUT2D eigenvalue weighted by atomic mass is 35.5. The fourth-order valence-corrected chi connectivity index (χ4v) is 2.77. The largest absolute Gasteiger partial charge is 0.274 e. The van der Waals surface area contributed by atoms with E-state index in [4.69, 9.17) is 23.2 Å². The number of sulfonamides is 1. The monoisotopic (exact) mass is 345 g/mol. The molecule has 0 fully saturated rings. The standard InChI is InChI=1S/C11H11Cl2F2NO3S/c12-8-3-1-7(9(13)5-8)2-4-11(17)16-20(18,19)6-10(14)15/h1,3,5,10H,2,4,6H2,(H,16,17). The van der Waals surface area contributed by atoms with Gasteiger partial charge in [-0.05, 0) is 24.1 Å². The topological polar surface area (TPSA) is 63.2 Å². The molecule has 1 amide bonds. The van der Waals surface area contributed by atoms with Gasteiger partial charge in [-0.1, -0.05) is 29.3 Å². The summed E-state index contributed by atoms with van der Waals surface area (Å²) in [5, 5.41) is 0.781. The number of rotatable bonds is 6. The molecule has 0 aliphatic heterocycles. The molecule has 0 aliphatic rings. The van der Waals surface area contributed by atoms with Crippen molar-refractivity contribution in [2.24, 2.45) is 0 Å². The van der Waals surface area contributed by atoms with Crippen molar-refractivity contribution in [2.45, 2.75) is 19.3 Å². The van der Waals surface area contributed by atoms with E-state index in [1.165, 1.54) is 6.07 Å². The molecule has 0 saturated heterocycles. The molecule has 20 heavy (non-hydrogen) atoms. The van der Waals surface area contributed by atoms with Crippen molar-refractivity contribution in [3.63, 3.8) is 0 Å². The van der Waals surface area contributed by atoms with Crippen LogP contribution >= 0.6 is 23.2 Å². The minimum absolute atomic E-state index is 0.173. The van der Waals surface area contributed by atoms with Crippen molar-refractivity contribution in [1.29, 1.82) is 0 Å². The van der Waals surface area contributed by atoms with E-state index in [0.717, 1.165) is 0 Å². The van der Waals surface area contributed by atoms with Gasteiger partial charge >= 0.3 is 0 Å². The molecule has 1 rings (SSSR count). The first kappa shape index (κ1) is 17.1. The van der Waals surface area contributed by atoms with E-state index >= 15 is 0 Å². The van der Waals surface area contributed by atoms with Gasteiger partial charge in [0.2, 0.25) is 15.9 Å². The fraction of sp³-hybridized carbons (Fsp3) is 0.364. The molecule has 1 N–H and O–H groups in total. The molecule has 0 aromatic heterocycles. The number of alkyl halides is 2. The number of carbonyl (C=O) groups is 1. The third kappa shape index (κ3) is 6.02. The van der Waals surface area contributed by atoms with E-state index < -0.39 is 28.1 Å². The zero-order valence-electron chi connectivity index (χ0n) is 10.1. The number of benzene rings is 1. The third-order valence-corrected chi connectivity index (χ3v) is 4.07.